The molecule has 1 rings (SSSR count). The molecule has 0 aromatic heterocycles. The summed E-state index contributed by atoms with van der Waals surface area (Å²) in [4.78, 5) is 0. The van der Waals surface area contributed by atoms with E-state index in [1.165, 1.54) is 18.2 Å². The number of anilines is 1. The van der Waals surface area contributed by atoms with Crippen LogP contribution in [0.3, 0.4) is 0 Å². The molecule has 1 aromatic rings. The number of hydrogen-bond acceptors (Lipinski definition) is 3. The molecule has 0 saturated heterocycles. The first-order valence-electron chi connectivity index (χ1n) is 5.02. The Balaban J connectivity index is 2.99. The minimum atomic E-state index is -4.67. The van der Waals surface area contributed by atoms with Crippen LogP contribution in [0.4, 0.5) is 14.5 Å². The van der Waals surface area contributed by atoms with Gasteiger partial charge in [0.2, 0.25) is 0 Å². The molecule has 0 radical (unpaired) electrons. The standard InChI is InChI=1S/C10H12ClF2NO3S/c1-2-17-9-4-3-8(5-7(9)6-11)14-18(15,16)10(12)13/h3-5,10,14H,2,6H2,1H3. The number of alkyl halides is 3. The third-order valence-corrected chi connectivity index (χ3v) is 3.28. The zero-order valence-electron chi connectivity index (χ0n) is 9.49. The average molecular weight is 300 g/mol. The van der Waals surface area contributed by atoms with Gasteiger partial charge in [-0.1, -0.05) is 0 Å². The lowest BCUT2D eigenvalue weighted by Crippen LogP contribution is -2.20. The fraction of sp³-hybridized carbons (Fsp3) is 0.400. The second-order valence-electron chi connectivity index (χ2n) is 3.30. The lowest BCUT2D eigenvalue weighted by Gasteiger charge is -2.11. The monoisotopic (exact) mass is 299 g/mol. The number of sulfonamides is 1. The summed E-state index contributed by atoms with van der Waals surface area (Å²) >= 11 is 5.67. The van der Waals surface area contributed by atoms with Crippen LogP contribution in [0, 0.1) is 0 Å². The van der Waals surface area contributed by atoms with Crippen molar-refractivity contribution in [2.75, 3.05) is 11.3 Å². The molecule has 0 atom stereocenters. The van der Waals surface area contributed by atoms with E-state index in [-0.39, 0.29) is 11.6 Å². The smallest absolute Gasteiger partial charge is 0.355 e. The minimum absolute atomic E-state index is 0.0226. The zero-order chi connectivity index (χ0) is 13.8. The fourth-order valence-corrected chi connectivity index (χ4v) is 2.01. The Hall–Kier alpha value is -1.08. The van der Waals surface area contributed by atoms with Crippen LogP contribution in [0.15, 0.2) is 18.2 Å². The molecule has 0 spiro atoms. The Kier molecular flexibility index (Phi) is 5.15. The van der Waals surface area contributed by atoms with E-state index in [0.29, 0.717) is 17.9 Å². The summed E-state index contributed by atoms with van der Waals surface area (Å²) in [5, 5.41) is 0. The van der Waals surface area contributed by atoms with Gasteiger partial charge in [-0.2, -0.15) is 8.78 Å². The first-order valence-corrected chi connectivity index (χ1v) is 7.10. The number of hydrogen-bond donors (Lipinski definition) is 1. The molecule has 0 aliphatic rings. The van der Waals surface area contributed by atoms with Gasteiger partial charge in [-0.3, -0.25) is 4.72 Å². The van der Waals surface area contributed by atoms with Crippen LogP contribution in [0.25, 0.3) is 0 Å². The van der Waals surface area contributed by atoms with Crippen molar-refractivity contribution in [3.63, 3.8) is 0 Å². The summed E-state index contributed by atoms with van der Waals surface area (Å²) in [5.74, 6) is -2.91. The molecule has 102 valence electrons. The van der Waals surface area contributed by atoms with E-state index in [1.807, 2.05) is 0 Å². The molecule has 0 bridgehead atoms. The van der Waals surface area contributed by atoms with Crippen molar-refractivity contribution in [1.29, 1.82) is 0 Å². The quantitative estimate of drug-likeness (QED) is 0.822. The maximum Gasteiger partial charge on any atom is 0.355 e. The molecule has 0 heterocycles. The van der Waals surface area contributed by atoms with Crippen LogP contribution < -0.4 is 9.46 Å². The molecular formula is C10H12ClF2NO3S. The molecule has 8 heteroatoms. The number of benzene rings is 1. The molecule has 4 nitrogen and oxygen atoms in total. The summed E-state index contributed by atoms with van der Waals surface area (Å²) < 4.78 is 53.3. The van der Waals surface area contributed by atoms with Gasteiger partial charge < -0.3 is 4.74 Å². The predicted octanol–water partition coefficient (Wildman–Crippen LogP) is 2.79. The van der Waals surface area contributed by atoms with Crippen LogP contribution >= 0.6 is 11.6 Å². The molecule has 0 saturated carbocycles. The molecule has 0 aliphatic carbocycles. The van der Waals surface area contributed by atoms with E-state index < -0.39 is 15.8 Å². The van der Waals surface area contributed by atoms with Gasteiger partial charge in [-0.25, -0.2) is 8.42 Å². The third-order valence-electron chi connectivity index (χ3n) is 2.00. The van der Waals surface area contributed by atoms with Gasteiger partial charge in [0.05, 0.1) is 12.5 Å². The molecule has 18 heavy (non-hydrogen) atoms. The molecule has 1 N–H and O–H groups in total. The fourth-order valence-electron chi connectivity index (χ4n) is 1.25. The molecule has 0 unspecified atom stereocenters. The van der Waals surface area contributed by atoms with Gasteiger partial charge in [0.25, 0.3) is 10.0 Å². The van der Waals surface area contributed by atoms with Gasteiger partial charge in [0.15, 0.2) is 0 Å². The molecule has 0 aliphatic heterocycles. The van der Waals surface area contributed by atoms with Crippen LogP contribution in [-0.2, 0) is 15.9 Å². The lowest BCUT2D eigenvalue weighted by atomic mass is 10.2. The van der Waals surface area contributed by atoms with E-state index >= 15 is 0 Å². The number of rotatable bonds is 6. The second-order valence-corrected chi connectivity index (χ2v) is 5.21. The Morgan fingerprint density at radius 2 is 2.11 bits per heavy atom. The van der Waals surface area contributed by atoms with Crippen molar-refractivity contribution >= 4 is 27.3 Å². The normalized spacial score (nSPS) is 11.6. The highest BCUT2D eigenvalue weighted by molar-refractivity contribution is 7.93. The number of ether oxygens (including phenoxy) is 1. The Morgan fingerprint density at radius 1 is 1.44 bits per heavy atom. The maximum absolute atomic E-state index is 12.2. The highest BCUT2D eigenvalue weighted by Crippen LogP contribution is 2.25. The van der Waals surface area contributed by atoms with Gasteiger partial charge >= 0.3 is 5.76 Å². The topological polar surface area (TPSA) is 55.4 Å². The largest absolute Gasteiger partial charge is 0.494 e. The highest BCUT2D eigenvalue weighted by atomic mass is 35.5. The number of halogens is 3. The lowest BCUT2D eigenvalue weighted by molar-refractivity contribution is 0.236. The van der Waals surface area contributed by atoms with Crippen LogP contribution in [-0.4, -0.2) is 20.8 Å². The van der Waals surface area contributed by atoms with E-state index in [9.17, 15) is 17.2 Å². The molecule has 0 fully saturated rings. The van der Waals surface area contributed by atoms with Gasteiger partial charge in [-0.05, 0) is 25.1 Å². The van der Waals surface area contributed by atoms with Crippen molar-refractivity contribution in [3.05, 3.63) is 23.8 Å². The van der Waals surface area contributed by atoms with Crippen LogP contribution in [0.2, 0.25) is 0 Å². The maximum atomic E-state index is 12.2. The molecular weight excluding hydrogens is 288 g/mol. The van der Waals surface area contributed by atoms with E-state index in [1.54, 1.807) is 11.6 Å². The predicted molar refractivity (Wildman–Crippen MR) is 65.7 cm³/mol. The van der Waals surface area contributed by atoms with Crippen LogP contribution in [0.5, 0.6) is 5.75 Å². The Bertz CT molecular complexity index is 508. The van der Waals surface area contributed by atoms with Crippen LogP contribution in [0.1, 0.15) is 12.5 Å². The summed E-state index contributed by atoms with van der Waals surface area (Å²) in [5.41, 5.74) is 0.544. The summed E-state index contributed by atoms with van der Waals surface area (Å²) in [6.45, 7) is 2.21. The minimum Gasteiger partial charge on any atom is -0.494 e. The SMILES string of the molecule is CCOc1ccc(NS(=O)(=O)C(F)F)cc1CCl. The summed E-state index contributed by atoms with van der Waals surface area (Å²) in [6.07, 6.45) is 0. The van der Waals surface area contributed by atoms with Crippen molar-refractivity contribution < 1.29 is 21.9 Å². The zero-order valence-corrected chi connectivity index (χ0v) is 11.1. The number of nitrogens with one attached hydrogen (secondary N) is 1. The first-order chi connectivity index (χ1) is 8.40. The van der Waals surface area contributed by atoms with Gasteiger partial charge in [-0.15, -0.1) is 11.6 Å². The van der Waals surface area contributed by atoms with Crippen molar-refractivity contribution in [3.8, 4) is 5.75 Å². The highest BCUT2D eigenvalue weighted by Gasteiger charge is 2.23. The Labute approximate surface area is 109 Å². The van der Waals surface area contributed by atoms with Crippen molar-refractivity contribution in [1.82, 2.24) is 0 Å². The Morgan fingerprint density at radius 3 is 2.61 bits per heavy atom. The summed E-state index contributed by atoms with van der Waals surface area (Å²) in [6, 6.07) is 4.17. The first kappa shape index (κ1) is 15.0. The van der Waals surface area contributed by atoms with Gasteiger partial charge in [0, 0.05) is 11.3 Å². The van der Waals surface area contributed by atoms with Gasteiger partial charge in [0.1, 0.15) is 5.75 Å². The third kappa shape index (κ3) is 3.71. The molecule has 1 aromatic carbocycles. The summed E-state index contributed by atoms with van der Waals surface area (Å²) in [7, 11) is -4.67. The van der Waals surface area contributed by atoms with Crippen molar-refractivity contribution in [2.45, 2.75) is 18.6 Å². The van der Waals surface area contributed by atoms with E-state index in [0.717, 1.165) is 0 Å². The second kappa shape index (κ2) is 6.19. The van der Waals surface area contributed by atoms with E-state index in [4.69, 9.17) is 16.3 Å². The molecule has 0 amide bonds. The average Bonchev–Trinajstić information content (AvgIpc) is 2.30. The van der Waals surface area contributed by atoms with E-state index in [2.05, 4.69) is 0 Å². The van der Waals surface area contributed by atoms with Crippen molar-refractivity contribution in [2.24, 2.45) is 0 Å².